The van der Waals surface area contributed by atoms with E-state index in [0.717, 1.165) is 17.5 Å². The minimum absolute atomic E-state index is 0.140. The second-order valence-electron chi connectivity index (χ2n) is 5.97. The molecule has 0 saturated carbocycles. The van der Waals surface area contributed by atoms with Gasteiger partial charge in [0, 0.05) is 6.54 Å². The van der Waals surface area contributed by atoms with Crippen molar-refractivity contribution in [1.82, 2.24) is 5.32 Å². The van der Waals surface area contributed by atoms with E-state index in [9.17, 15) is 9.59 Å². The lowest BCUT2D eigenvalue weighted by molar-refractivity contribution is -0.142. The molecule has 2 N–H and O–H groups in total. The molecule has 1 atom stereocenters. The Morgan fingerprint density at radius 2 is 1.90 bits per heavy atom. The molecule has 21 heavy (non-hydrogen) atoms. The lowest BCUT2D eigenvalue weighted by Crippen LogP contribution is -2.43. The summed E-state index contributed by atoms with van der Waals surface area (Å²) in [5.74, 6) is -1.52. The summed E-state index contributed by atoms with van der Waals surface area (Å²) in [5.41, 5.74) is 1.34. The molecule has 1 rings (SSSR count). The van der Waals surface area contributed by atoms with E-state index in [1.165, 1.54) is 0 Å². The van der Waals surface area contributed by atoms with Gasteiger partial charge in [-0.2, -0.15) is 0 Å². The highest BCUT2D eigenvalue weighted by molar-refractivity contribution is 5.88. The van der Waals surface area contributed by atoms with Crippen molar-refractivity contribution in [2.45, 2.75) is 46.0 Å². The highest BCUT2D eigenvalue weighted by Crippen LogP contribution is 2.26. The Balaban J connectivity index is 2.78. The summed E-state index contributed by atoms with van der Waals surface area (Å²) in [6.07, 6.45) is 1.36. The van der Waals surface area contributed by atoms with Gasteiger partial charge in [0.1, 0.15) is 0 Å². The molecule has 1 aromatic rings. The first-order valence-corrected chi connectivity index (χ1v) is 7.38. The van der Waals surface area contributed by atoms with Crippen LogP contribution in [0.2, 0.25) is 0 Å². The summed E-state index contributed by atoms with van der Waals surface area (Å²) in [6.45, 7) is 7.81. The predicted octanol–water partition coefficient (Wildman–Crippen LogP) is 2.89. The molecular weight excluding hydrogens is 266 g/mol. The third kappa shape index (κ3) is 4.31. The normalized spacial score (nSPS) is 12.8. The molecule has 0 aliphatic heterocycles. The quantitative estimate of drug-likeness (QED) is 0.811. The number of hydrogen-bond acceptors (Lipinski definition) is 2. The number of rotatable bonds is 7. The van der Waals surface area contributed by atoms with Crippen LogP contribution >= 0.6 is 0 Å². The smallest absolute Gasteiger partial charge is 0.308 e. The minimum atomic E-state index is -0.856. The first-order valence-electron chi connectivity index (χ1n) is 7.38. The fraction of sp³-hybridized carbons (Fsp3) is 0.529. The molecule has 1 unspecified atom stereocenters. The largest absolute Gasteiger partial charge is 0.481 e. The number of benzene rings is 1. The van der Waals surface area contributed by atoms with E-state index in [4.69, 9.17) is 5.11 Å². The van der Waals surface area contributed by atoms with E-state index in [0.29, 0.717) is 6.42 Å². The van der Waals surface area contributed by atoms with Crippen molar-refractivity contribution in [2.75, 3.05) is 6.54 Å². The number of aliphatic carboxylic acids is 1. The van der Waals surface area contributed by atoms with Crippen LogP contribution in [0.15, 0.2) is 24.3 Å². The Labute approximate surface area is 126 Å². The Morgan fingerprint density at radius 3 is 2.43 bits per heavy atom. The first-order chi connectivity index (χ1) is 9.80. The molecule has 1 amide bonds. The number of nitrogens with one attached hydrogen (secondary N) is 1. The Bertz CT molecular complexity index is 509. The number of carbonyl (C=O) groups is 2. The van der Waals surface area contributed by atoms with Crippen LogP contribution in [0, 0.1) is 12.8 Å². The zero-order chi connectivity index (χ0) is 16.0. The van der Waals surface area contributed by atoms with E-state index in [1.807, 2.05) is 52.0 Å². The summed E-state index contributed by atoms with van der Waals surface area (Å²) in [5, 5.41) is 11.9. The molecule has 0 radical (unpaired) electrons. The third-order valence-electron chi connectivity index (χ3n) is 3.88. The van der Waals surface area contributed by atoms with Crippen LogP contribution < -0.4 is 5.32 Å². The number of amides is 1. The summed E-state index contributed by atoms with van der Waals surface area (Å²) in [4.78, 5) is 23.6. The maximum Gasteiger partial charge on any atom is 0.308 e. The van der Waals surface area contributed by atoms with Crippen molar-refractivity contribution in [2.24, 2.45) is 5.92 Å². The Kier molecular flexibility index (Phi) is 5.94. The molecule has 4 heteroatoms. The number of carboxylic acid groups (broad SMARTS) is 1. The molecule has 0 heterocycles. The summed E-state index contributed by atoms with van der Waals surface area (Å²) in [6, 6.07) is 7.76. The van der Waals surface area contributed by atoms with Gasteiger partial charge in [-0.15, -0.1) is 0 Å². The average Bonchev–Trinajstić information content (AvgIpc) is 2.42. The molecule has 0 aliphatic carbocycles. The fourth-order valence-corrected chi connectivity index (χ4v) is 2.49. The maximum atomic E-state index is 12.4. The van der Waals surface area contributed by atoms with Crippen LogP contribution in [-0.4, -0.2) is 23.5 Å². The molecule has 0 aromatic heterocycles. The molecule has 0 aliphatic rings. The molecular formula is C17H25NO3. The van der Waals surface area contributed by atoms with Crippen LogP contribution in [0.25, 0.3) is 0 Å². The van der Waals surface area contributed by atoms with Crippen LogP contribution in [0.3, 0.4) is 0 Å². The van der Waals surface area contributed by atoms with Gasteiger partial charge in [-0.3, -0.25) is 9.59 Å². The number of hydrogen-bond donors (Lipinski definition) is 2. The maximum absolute atomic E-state index is 12.4. The van der Waals surface area contributed by atoms with E-state index in [1.54, 1.807) is 0 Å². The Morgan fingerprint density at radius 1 is 1.29 bits per heavy atom. The summed E-state index contributed by atoms with van der Waals surface area (Å²) >= 11 is 0. The lowest BCUT2D eigenvalue weighted by Gasteiger charge is -2.26. The topological polar surface area (TPSA) is 66.4 Å². The van der Waals surface area contributed by atoms with Crippen LogP contribution in [-0.2, 0) is 15.0 Å². The molecule has 1 aromatic carbocycles. The average molecular weight is 291 g/mol. The van der Waals surface area contributed by atoms with Crippen molar-refractivity contribution >= 4 is 11.9 Å². The van der Waals surface area contributed by atoms with Crippen molar-refractivity contribution in [3.05, 3.63) is 35.4 Å². The van der Waals surface area contributed by atoms with Gasteiger partial charge in [0.25, 0.3) is 0 Å². The standard InChI is InChI=1S/C17H25NO3/c1-5-8-13(15(19)20)11-18-16(21)17(3,4)14-10-7-6-9-12(14)2/h6-7,9-10,13H,5,8,11H2,1-4H3,(H,18,21)(H,19,20). The fourth-order valence-electron chi connectivity index (χ4n) is 2.49. The third-order valence-corrected chi connectivity index (χ3v) is 3.88. The molecule has 0 saturated heterocycles. The summed E-state index contributed by atoms with van der Waals surface area (Å²) in [7, 11) is 0. The zero-order valence-corrected chi connectivity index (χ0v) is 13.3. The van der Waals surface area contributed by atoms with Crippen molar-refractivity contribution in [3.8, 4) is 0 Å². The van der Waals surface area contributed by atoms with E-state index < -0.39 is 17.3 Å². The molecule has 116 valence electrons. The van der Waals surface area contributed by atoms with Crippen LogP contribution in [0.1, 0.15) is 44.7 Å². The van der Waals surface area contributed by atoms with E-state index in [2.05, 4.69) is 5.32 Å². The van der Waals surface area contributed by atoms with Gasteiger partial charge in [-0.05, 0) is 38.3 Å². The van der Waals surface area contributed by atoms with Gasteiger partial charge in [0.05, 0.1) is 11.3 Å². The molecule has 4 nitrogen and oxygen atoms in total. The highest BCUT2D eigenvalue weighted by Gasteiger charge is 2.31. The Hall–Kier alpha value is -1.84. The van der Waals surface area contributed by atoms with Crippen molar-refractivity contribution < 1.29 is 14.7 Å². The molecule has 0 bridgehead atoms. The highest BCUT2D eigenvalue weighted by atomic mass is 16.4. The van der Waals surface area contributed by atoms with Gasteiger partial charge in [0.2, 0.25) is 5.91 Å². The van der Waals surface area contributed by atoms with Crippen LogP contribution in [0.4, 0.5) is 0 Å². The number of carboxylic acids is 1. The van der Waals surface area contributed by atoms with Gasteiger partial charge in [-0.25, -0.2) is 0 Å². The van der Waals surface area contributed by atoms with Crippen LogP contribution in [0.5, 0.6) is 0 Å². The second-order valence-corrected chi connectivity index (χ2v) is 5.97. The minimum Gasteiger partial charge on any atom is -0.481 e. The molecule has 0 spiro atoms. The number of carbonyl (C=O) groups excluding carboxylic acids is 1. The lowest BCUT2D eigenvalue weighted by atomic mass is 9.81. The van der Waals surface area contributed by atoms with Gasteiger partial charge in [-0.1, -0.05) is 37.6 Å². The summed E-state index contributed by atoms with van der Waals surface area (Å²) < 4.78 is 0. The van der Waals surface area contributed by atoms with E-state index in [-0.39, 0.29) is 12.5 Å². The monoisotopic (exact) mass is 291 g/mol. The first kappa shape index (κ1) is 17.2. The zero-order valence-electron chi connectivity index (χ0n) is 13.3. The van der Waals surface area contributed by atoms with Gasteiger partial charge >= 0.3 is 5.97 Å². The molecule has 0 fully saturated rings. The van der Waals surface area contributed by atoms with E-state index >= 15 is 0 Å². The van der Waals surface area contributed by atoms with Crippen molar-refractivity contribution in [3.63, 3.8) is 0 Å². The SMILES string of the molecule is CCCC(CNC(=O)C(C)(C)c1ccccc1C)C(=O)O. The van der Waals surface area contributed by atoms with Gasteiger partial charge in [0.15, 0.2) is 0 Å². The van der Waals surface area contributed by atoms with Crippen molar-refractivity contribution in [1.29, 1.82) is 0 Å². The van der Waals surface area contributed by atoms with Gasteiger partial charge < -0.3 is 10.4 Å². The second kappa shape index (κ2) is 7.25. The number of aryl methyl sites for hydroxylation is 1. The predicted molar refractivity (Wildman–Crippen MR) is 83.2 cm³/mol.